The molecule has 1 unspecified atom stereocenters. The molecule has 0 saturated carbocycles. The summed E-state index contributed by atoms with van der Waals surface area (Å²) in [5, 5.41) is 12.2. The quantitative estimate of drug-likeness (QED) is 0.713. The highest BCUT2D eigenvalue weighted by Crippen LogP contribution is 2.17. The van der Waals surface area contributed by atoms with Gasteiger partial charge >= 0.3 is 0 Å². The lowest BCUT2D eigenvalue weighted by Crippen LogP contribution is -2.32. The lowest BCUT2D eigenvalue weighted by atomic mass is 10.1. The number of rotatable bonds is 5. The Hall–Kier alpha value is -1.62. The summed E-state index contributed by atoms with van der Waals surface area (Å²) < 4.78 is 13.5. The number of carbonyl (C=O) groups excluding carboxylic acids is 1. The smallest absolute Gasteiger partial charge is 0.251 e. The third-order valence-corrected chi connectivity index (χ3v) is 2.89. The molecule has 0 fully saturated rings. The molecule has 1 amide bonds. The first-order valence-electron chi connectivity index (χ1n) is 6.33. The number of nitrogen functional groups attached to an aromatic ring is 1. The van der Waals surface area contributed by atoms with Gasteiger partial charge in [0, 0.05) is 23.4 Å². The number of anilines is 1. The van der Waals surface area contributed by atoms with E-state index >= 15 is 0 Å². The van der Waals surface area contributed by atoms with Gasteiger partial charge in [-0.1, -0.05) is 13.8 Å². The summed E-state index contributed by atoms with van der Waals surface area (Å²) in [7, 11) is 0. The highest BCUT2D eigenvalue weighted by atomic mass is 19.1. The maximum absolute atomic E-state index is 13.5. The van der Waals surface area contributed by atoms with Crippen LogP contribution in [0.3, 0.4) is 0 Å². The van der Waals surface area contributed by atoms with Crippen LogP contribution in [0.4, 0.5) is 10.1 Å². The van der Waals surface area contributed by atoms with Crippen molar-refractivity contribution < 1.29 is 14.3 Å². The molecule has 19 heavy (non-hydrogen) atoms. The fraction of sp³-hybridized carbons (Fsp3) is 0.500. The van der Waals surface area contributed by atoms with Gasteiger partial charge in [0.1, 0.15) is 5.82 Å². The summed E-state index contributed by atoms with van der Waals surface area (Å²) in [6.07, 6.45) is 0.00149. The van der Waals surface area contributed by atoms with Crippen LogP contribution in [0.5, 0.6) is 0 Å². The molecule has 1 atom stereocenters. The number of halogens is 1. The first-order valence-corrected chi connectivity index (χ1v) is 6.33. The number of hydrogen-bond acceptors (Lipinski definition) is 3. The van der Waals surface area contributed by atoms with E-state index in [2.05, 4.69) is 5.32 Å². The van der Waals surface area contributed by atoms with Crippen molar-refractivity contribution >= 4 is 11.6 Å². The predicted molar refractivity (Wildman–Crippen MR) is 73.3 cm³/mol. The second kappa shape index (κ2) is 6.52. The van der Waals surface area contributed by atoms with Crippen LogP contribution in [0.1, 0.15) is 36.2 Å². The Morgan fingerprint density at radius 2 is 2.11 bits per heavy atom. The standard InChI is InChI=1S/C14H21FN2O2/c1-8(2)4-11(18)7-17-14(19)10-5-12(15)9(3)13(16)6-10/h5-6,8,11,18H,4,7,16H2,1-3H3,(H,17,19). The van der Waals surface area contributed by atoms with E-state index < -0.39 is 17.8 Å². The van der Waals surface area contributed by atoms with Crippen LogP contribution in [-0.4, -0.2) is 23.7 Å². The van der Waals surface area contributed by atoms with E-state index in [1.54, 1.807) is 6.92 Å². The van der Waals surface area contributed by atoms with Gasteiger partial charge in [0.25, 0.3) is 5.91 Å². The molecule has 0 spiro atoms. The molecule has 0 saturated heterocycles. The van der Waals surface area contributed by atoms with Gasteiger partial charge in [-0.2, -0.15) is 0 Å². The van der Waals surface area contributed by atoms with Gasteiger partial charge in [0.15, 0.2) is 0 Å². The van der Waals surface area contributed by atoms with E-state index in [9.17, 15) is 14.3 Å². The van der Waals surface area contributed by atoms with Crippen LogP contribution < -0.4 is 11.1 Å². The molecule has 5 heteroatoms. The van der Waals surface area contributed by atoms with Gasteiger partial charge in [0.05, 0.1) is 6.10 Å². The van der Waals surface area contributed by atoms with E-state index in [-0.39, 0.29) is 17.8 Å². The average Bonchev–Trinajstić information content (AvgIpc) is 2.31. The minimum absolute atomic E-state index is 0.145. The summed E-state index contributed by atoms with van der Waals surface area (Å²) >= 11 is 0. The SMILES string of the molecule is Cc1c(N)cc(C(=O)NCC(O)CC(C)C)cc1F. The number of nitrogens with one attached hydrogen (secondary N) is 1. The minimum atomic E-state index is -0.600. The molecule has 1 aromatic rings. The largest absolute Gasteiger partial charge is 0.398 e. The van der Waals surface area contributed by atoms with Gasteiger partial charge in [-0.3, -0.25) is 4.79 Å². The molecule has 0 aliphatic carbocycles. The van der Waals surface area contributed by atoms with Gasteiger partial charge in [0.2, 0.25) is 0 Å². The molecule has 4 nitrogen and oxygen atoms in total. The highest BCUT2D eigenvalue weighted by Gasteiger charge is 2.13. The van der Waals surface area contributed by atoms with Crippen LogP contribution in [-0.2, 0) is 0 Å². The molecule has 1 rings (SSSR count). The number of aliphatic hydroxyl groups excluding tert-OH is 1. The summed E-state index contributed by atoms with van der Waals surface area (Å²) in [6, 6.07) is 2.58. The molecule has 0 heterocycles. The molecule has 0 bridgehead atoms. The lowest BCUT2D eigenvalue weighted by molar-refractivity contribution is 0.0900. The molecule has 106 valence electrons. The highest BCUT2D eigenvalue weighted by molar-refractivity contribution is 5.95. The molecule has 1 aromatic carbocycles. The summed E-state index contributed by atoms with van der Waals surface area (Å²) in [4.78, 5) is 11.8. The molecule has 0 aliphatic heterocycles. The number of amides is 1. The first-order chi connectivity index (χ1) is 8.81. The number of nitrogens with two attached hydrogens (primary N) is 1. The fourth-order valence-electron chi connectivity index (χ4n) is 1.77. The third-order valence-electron chi connectivity index (χ3n) is 2.89. The first kappa shape index (κ1) is 15.4. The molecule has 4 N–H and O–H groups in total. The molecule has 0 radical (unpaired) electrons. The van der Waals surface area contributed by atoms with Gasteiger partial charge in [-0.25, -0.2) is 4.39 Å². The van der Waals surface area contributed by atoms with E-state index in [1.165, 1.54) is 6.07 Å². The van der Waals surface area contributed by atoms with Crippen LogP contribution in [0.2, 0.25) is 0 Å². The van der Waals surface area contributed by atoms with E-state index in [4.69, 9.17) is 5.73 Å². The van der Waals surface area contributed by atoms with Crippen LogP contribution in [0.25, 0.3) is 0 Å². The van der Waals surface area contributed by atoms with Crippen LogP contribution in [0.15, 0.2) is 12.1 Å². The van der Waals surface area contributed by atoms with Crippen molar-refractivity contribution in [3.8, 4) is 0 Å². The van der Waals surface area contributed by atoms with Crippen LogP contribution in [0, 0.1) is 18.7 Å². The van der Waals surface area contributed by atoms with Crippen molar-refractivity contribution in [2.75, 3.05) is 12.3 Å². The van der Waals surface area contributed by atoms with E-state index in [0.29, 0.717) is 17.9 Å². The summed E-state index contributed by atoms with van der Waals surface area (Å²) in [6.45, 7) is 5.67. The zero-order valence-electron chi connectivity index (χ0n) is 11.5. The Kier molecular flexibility index (Phi) is 5.30. The molecule has 0 aromatic heterocycles. The Morgan fingerprint density at radius 3 is 2.63 bits per heavy atom. The minimum Gasteiger partial charge on any atom is -0.398 e. The number of benzene rings is 1. The average molecular weight is 268 g/mol. The molecule has 0 aliphatic rings. The van der Waals surface area contributed by atoms with Crippen molar-refractivity contribution in [1.29, 1.82) is 0 Å². The maximum atomic E-state index is 13.5. The fourth-order valence-corrected chi connectivity index (χ4v) is 1.77. The summed E-state index contributed by atoms with van der Waals surface area (Å²) in [5.74, 6) is -0.597. The molecular weight excluding hydrogens is 247 g/mol. The van der Waals surface area contributed by atoms with Crippen molar-refractivity contribution in [2.45, 2.75) is 33.3 Å². The summed E-state index contributed by atoms with van der Waals surface area (Å²) in [5.41, 5.74) is 6.35. The number of aliphatic hydroxyl groups is 1. The third kappa shape index (κ3) is 4.52. The normalized spacial score (nSPS) is 12.5. The van der Waals surface area contributed by atoms with Crippen LogP contribution >= 0.6 is 0 Å². The lowest BCUT2D eigenvalue weighted by Gasteiger charge is -2.14. The van der Waals surface area contributed by atoms with Gasteiger partial charge in [-0.05, 0) is 31.4 Å². The zero-order valence-corrected chi connectivity index (χ0v) is 11.5. The van der Waals surface area contributed by atoms with Crippen molar-refractivity contribution in [3.63, 3.8) is 0 Å². The van der Waals surface area contributed by atoms with Crippen molar-refractivity contribution in [3.05, 3.63) is 29.1 Å². The van der Waals surface area contributed by atoms with Gasteiger partial charge < -0.3 is 16.2 Å². The number of carbonyl (C=O) groups is 1. The maximum Gasteiger partial charge on any atom is 0.251 e. The van der Waals surface area contributed by atoms with E-state index in [0.717, 1.165) is 6.07 Å². The molecular formula is C14H21FN2O2. The zero-order chi connectivity index (χ0) is 14.6. The number of hydrogen-bond donors (Lipinski definition) is 3. The topological polar surface area (TPSA) is 75.4 Å². The predicted octanol–water partition coefficient (Wildman–Crippen LogP) is 1.85. The Labute approximate surface area is 112 Å². The Balaban J connectivity index is 2.64. The van der Waals surface area contributed by atoms with E-state index in [1.807, 2.05) is 13.8 Å². The Bertz CT molecular complexity index is 438. The van der Waals surface area contributed by atoms with Crippen molar-refractivity contribution in [2.24, 2.45) is 5.92 Å². The second-order valence-electron chi connectivity index (χ2n) is 5.17. The van der Waals surface area contributed by atoms with Crippen molar-refractivity contribution in [1.82, 2.24) is 5.32 Å². The van der Waals surface area contributed by atoms with Gasteiger partial charge in [-0.15, -0.1) is 0 Å². The Morgan fingerprint density at radius 1 is 1.47 bits per heavy atom. The monoisotopic (exact) mass is 268 g/mol. The second-order valence-corrected chi connectivity index (χ2v) is 5.17.